The molecule has 1 N–H and O–H groups in total. The molecular formula is C14H14N2. The minimum Gasteiger partial charge on any atom is -0.302 e. The quantitative estimate of drug-likeness (QED) is 0.621. The van der Waals surface area contributed by atoms with Crippen LogP contribution in [0.3, 0.4) is 0 Å². The van der Waals surface area contributed by atoms with Gasteiger partial charge in [-0.15, -0.1) is 5.92 Å². The predicted molar refractivity (Wildman–Crippen MR) is 66.9 cm³/mol. The molecule has 2 nitrogen and oxygen atoms in total. The van der Waals surface area contributed by atoms with Crippen molar-refractivity contribution in [2.75, 3.05) is 6.54 Å². The van der Waals surface area contributed by atoms with Gasteiger partial charge in [-0.2, -0.15) is 0 Å². The lowest BCUT2D eigenvalue weighted by atomic mass is 10.1. The van der Waals surface area contributed by atoms with Crippen LogP contribution in [0.2, 0.25) is 0 Å². The molecule has 2 rings (SSSR count). The highest BCUT2D eigenvalue weighted by Gasteiger charge is 1.95. The molecule has 0 bridgehead atoms. The summed E-state index contributed by atoms with van der Waals surface area (Å²) in [6.45, 7) is 3.45. The highest BCUT2D eigenvalue weighted by atomic mass is 14.8. The molecule has 0 fully saturated rings. The number of fused-ring (bicyclic) bond motifs is 1. The van der Waals surface area contributed by atoms with Crippen LogP contribution in [0.4, 0.5) is 0 Å². The molecule has 0 saturated carbocycles. The molecule has 2 heteroatoms. The third-order valence-corrected chi connectivity index (χ3v) is 2.42. The first-order chi connectivity index (χ1) is 7.90. The van der Waals surface area contributed by atoms with E-state index < -0.39 is 0 Å². The minimum absolute atomic E-state index is 0.741. The van der Waals surface area contributed by atoms with Crippen molar-refractivity contribution in [3.8, 4) is 11.8 Å². The molecular weight excluding hydrogens is 196 g/mol. The van der Waals surface area contributed by atoms with Crippen molar-refractivity contribution in [3.63, 3.8) is 0 Å². The molecule has 0 atom stereocenters. The summed E-state index contributed by atoms with van der Waals surface area (Å²) in [6.07, 6.45) is 3.71. The number of nitrogens with one attached hydrogen (secondary N) is 1. The second kappa shape index (κ2) is 5.29. The SMILES string of the molecule is CC#CCNCc1ccc2cnccc2c1. The molecule has 0 aliphatic rings. The molecule has 2 aromatic rings. The van der Waals surface area contributed by atoms with Gasteiger partial charge in [0.1, 0.15) is 0 Å². The monoisotopic (exact) mass is 210 g/mol. The Balaban J connectivity index is 2.09. The van der Waals surface area contributed by atoms with Gasteiger partial charge in [0.15, 0.2) is 0 Å². The second-order valence-corrected chi connectivity index (χ2v) is 3.59. The molecule has 1 aromatic heterocycles. The first kappa shape index (κ1) is 10.7. The zero-order valence-electron chi connectivity index (χ0n) is 9.33. The topological polar surface area (TPSA) is 24.9 Å². The molecule has 0 radical (unpaired) electrons. The van der Waals surface area contributed by atoms with Crippen LogP contribution < -0.4 is 5.32 Å². The third-order valence-electron chi connectivity index (χ3n) is 2.42. The van der Waals surface area contributed by atoms with Gasteiger partial charge < -0.3 is 5.32 Å². The van der Waals surface area contributed by atoms with Crippen LogP contribution in [-0.2, 0) is 6.54 Å². The van der Waals surface area contributed by atoms with Gasteiger partial charge in [-0.05, 0) is 30.0 Å². The largest absolute Gasteiger partial charge is 0.302 e. The Morgan fingerprint density at radius 1 is 1.25 bits per heavy atom. The molecule has 1 aromatic carbocycles. The number of hydrogen-bond donors (Lipinski definition) is 1. The number of hydrogen-bond acceptors (Lipinski definition) is 2. The summed E-state index contributed by atoms with van der Waals surface area (Å²) in [6, 6.07) is 8.44. The van der Waals surface area contributed by atoms with Crippen LogP contribution in [0.15, 0.2) is 36.7 Å². The van der Waals surface area contributed by atoms with Crippen LogP contribution in [0, 0.1) is 11.8 Å². The Hall–Kier alpha value is -1.85. The molecule has 80 valence electrons. The number of benzene rings is 1. The normalized spacial score (nSPS) is 9.81. The van der Waals surface area contributed by atoms with E-state index in [-0.39, 0.29) is 0 Å². The van der Waals surface area contributed by atoms with Gasteiger partial charge in [-0.25, -0.2) is 0 Å². The third kappa shape index (κ3) is 2.59. The zero-order chi connectivity index (χ0) is 11.2. The minimum atomic E-state index is 0.741. The van der Waals surface area contributed by atoms with Crippen molar-refractivity contribution in [1.29, 1.82) is 0 Å². The van der Waals surface area contributed by atoms with Gasteiger partial charge in [0.05, 0.1) is 6.54 Å². The standard InChI is InChI=1S/C14H14N2/c1-2-3-7-15-10-12-4-5-14-11-16-8-6-13(14)9-12/h4-6,8-9,11,15H,7,10H2,1H3. The van der Waals surface area contributed by atoms with Gasteiger partial charge in [0, 0.05) is 24.3 Å². The molecule has 0 unspecified atom stereocenters. The van der Waals surface area contributed by atoms with Crippen LogP contribution in [0.5, 0.6) is 0 Å². The molecule has 0 aliphatic heterocycles. The van der Waals surface area contributed by atoms with E-state index in [4.69, 9.17) is 0 Å². The Bertz CT molecular complexity index is 535. The molecule has 0 aliphatic carbocycles. The lowest BCUT2D eigenvalue weighted by Gasteiger charge is -2.03. The molecule has 0 saturated heterocycles. The highest BCUT2D eigenvalue weighted by Crippen LogP contribution is 2.14. The smallest absolute Gasteiger partial charge is 0.0578 e. The molecule has 16 heavy (non-hydrogen) atoms. The average molecular weight is 210 g/mol. The Morgan fingerprint density at radius 3 is 3.06 bits per heavy atom. The maximum Gasteiger partial charge on any atom is 0.0578 e. The first-order valence-corrected chi connectivity index (χ1v) is 5.33. The van der Waals surface area contributed by atoms with Gasteiger partial charge in [-0.1, -0.05) is 18.1 Å². The van der Waals surface area contributed by atoms with E-state index in [1.165, 1.54) is 16.3 Å². The summed E-state index contributed by atoms with van der Waals surface area (Å²) in [5.41, 5.74) is 1.27. The van der Waals surface area contributed by atoms with Gasteiger partial charge >= 0.3 is 0 Å². The molecule has 1 heterocycles. The summed E-state index contributed by atoms with van der Waals surface area (Å²) >= 11 is 0. The number of nitrogens with zero attached hydrogens (tertiary/aromatic N) is 1. The maximum atomic E-state index is 4.10. The van der Waals surface area contributed by atoms with Crippen LogP contribution >= 0.6 is 0 Å². The van der Waals surface area contributed by atoms with Gasteiger partial charge in [0.25, 0.3) is 0 Å². The maximum absolute atomic E-state index is 4.10. The fourth-order valence-corrected chi connectivity index (χ4v) is 1.60. The molecule has 0 spiro atoms. The second-order valence-electron chi connectivity index (χ2n) is 3.59. The predicted octanol–water partition coefficient (Wildman–Crippen LogP) is 2.35. The van der Waals surface area contributed by atoms with Gasteiger partial charge in [-0.3, -0.25) is 4.98 Å². The zero-order valence-corrected chi connectivity index (χ0v) is 9.33. The van der Waals surface area contributed by atoms with Crippen molar-refractivity contribution in [2.45, 2.75) is 13.5 Å². The highest BCUT2D eigenvalue weighted by molar-refractivity contribution is 5.81. The van der Waals surface area contributed by atoms with Crippen molar-refractivity contribution in [1.82, 2.24) is 10.3 Å². The lowest BCUT2D eigenvalue weighted by Crippen LogP contribution is -2.12. The van der Waals surface area contributed by atoms with E-state index in [9.17, 15) is 0 Å². The summed E-state index contributed by atoms with van der Waals surface area (Å²) in [5, 5.41) is 5.69. The van der Waals surface area contributed by atoms with E-state index >= 15 is 0 Å². The first-order valence-electron chi connectivity index (χ1n) is 5.33. The van der Waals surface area contributed by atoms with E-state index in [1.54, 1.807) is 0 Å². The fraction of sp³-hybridized carbons (Fsp3) is 0.214. The van der Waals surface area contributed by atoms with Crippen LogP contribution in [-0.4, -0.2) is 11.5 Å². The average Bonchev–Trinajstić information content (AvgIpc) is 2.34. The van der Waals surface area contributed by atoms with Gasteiger partial charge in [0.2, 0.25) is 0 Å². The fourth-order valence-electron chi connectivity index (χ4n) is 1.60. The Kier molecular flexibility index (Phi) is 3.53. The van der Waals surface area contributed by atoms with Crippen molar-refractivity contribution in [3.05, 3.63) is 42.2 Å². The van der Waals surface area contributed by atoms with Crippen LogP contribution in [0.25, 0.3) is 10.8 Å². The van der Waals surface area contributed by atoms with E-state index in [0.717, 1.165) is 13.1 Å². The van der Waals surface area contributed by atoms with Crippen molar-refractivity contribution < 1.29 is 0 Å². The summed E-state index contributed by atoms with van der Waals surface area (Å²) in [7, 11) is 0. The van der Waals surface area contributed by atoms with E-state index in [0.29, 0.717) is 0 Å². The van der Waals surface area contributed by atoms with Crippen molar-refractivity contribution >= 4 is 10.8 Å². The molecule has 0 amide bonds. The Morgan fingerprint density at radius 2 is 2.19 bits per heavy atom. The van der Waals surface area contributed by atoms with E-state index in [1.807, 2.05) is 25.4 Å². The van der Waals surface area contributed by atoms with E-state index in [2.05, 4.69) is 40.3 Å². The number of aromatic nitrogens is 1. The summed E-state index contributed by atoms with van der Waals surface area (Å²) < 4.78 is 0. The van der Waals surface area contributed by atoms with Crippen LogP contribution in [0.1, 0.15) is 12.5 Å². The summed E-state index contributed by atoms with van der Waals surface area (Å²) in [5.74, 6) is 5.85. The van der Waals surface area contributed by atoms with Crippen molar-refractivity contribution in [2.24, 2.45) is 0 Å². The number of rotatable bonds is 3. The lowest BCUT2D eigenvalue weighted by molar-refractivity contribution is 0.771. The number of pyridine rings is 1. The summed E-state index contributed by atoms with van der Waals surface area (Å²) in [4.78, 5) is 4.10. The Labute approximate surface area is 95.7 Å².